The number of rotatable bonds is 2. The van der Waals surface area contributed by atoms with E-state index in [4.69, 9.17) is 5.73 Å². The van der Waals surface area contributed by atoms with E-state index >= 15 is 0 Å². The molecule has 0 fully saturated rings. The lowest BCUT2D eigenvalue weighted by Crippen LogP contribution is -2.26. The van der Waals surface area contributed by atoms with E-state index in [1.54, 1.807) is 0 Å². The molecule has 0 amide bonds. The van der Waals surface area contributed by atoms with Crippen LogP contribution in [0.3, 0.4) is 0 Å². The first-order valence-corrected chi connectivity index (χ1v) is 6.42. The topological polar surface area (TPSA) is 75.9 Å². The number of benzene rings is 1. The zero-order chi connectivity index (χ0) is 13.2. The van der Waals surface area contributed by atoms with Gasteiger partial charge in [0.15, 0.2) is 0 Å². The summed E-state index contributed by atoms with van der Waals surface area (Å²) >= 11 is 0. The second kappa shape index (κ2) is 4.85. The summed E-state index contributed by atoms with van der Waals surface area (Å²) in [5.74, 6) is 1.15. The fourth-order valence-corrected chi connectivity index (χ4v) is 2.32. The SMILES string of the molecule is Cc1ccccc1Nc1nc(N)nc2c1CCNC2. The Hall–Kier alpha value is -2.14. The number of hydrogen-bond donors (Lipinski definition) is 3. The van der Waals surface area contributed by atoms with Crippen LogP contribution in [0.1, 0.15) is 16.8 Å². The molecule has 4 N–H and O–H groups in total. The van der Waals surface area contributed by atoms with Crippen molar-refractivity contribution >= 4 is 17.5 Å². The number of fused-ring (bicyclic) bond motifs is 1. The second-order valence-electron chi connectivity index (χ2n) is 4.72. The highest BCUT2D eigenvalue weighted by Gasteiger charge is 2.17. The van der Waals surface area contributed by atoms with Crippen LogP contribution < -0.4 is 16.4 Å². The van der Waals surface area contributed by atoms with Crippen molar-refractivity contribution in [3.05, 3.63) is 41.1 Å². The molecular weight excluding hydrogens is 238 g/mol. The molecule has 2 heterocycles. The van der Waals surface area contributed by atoms with Gasteiger partial charge in [-0.25, -0.2) is 4.98 Å². The minimum absolute atomic E-state index is 0.318. The predicted molar refractivity (Wildman–Crippen MR) is 76.3 cm³/mol. The smallest absolute Gasteiger partial charge is 0.222 e. The van der Waals surface area contributed by atoms with E-state index in [9.17, 15) is 0 Å². The molecule has 1 aliphatic rings. The highest BCUT2D eigenvalue weighted by molar-refractivity contribution is 5.64. The summed E-state index contributed by atoms with van der Waals surface area (Å²) < 4.78 is 0. The molecule has 0 bridgehead atoms. The average Bonchev–Trinajstić information content (AvgIpc) is 2.41. The largest absolute Gasteiger partial charge is 0.368 e. The Kier molecular flexibility index (Phi) is 3.05. The summed E-state index contributed by atoms with van der Waals surface area (Å²) in [7, 11) is 0. The first-order chi connectivity index (χ1) is 9.24. The summed E-state index contributed by atoms with van der Waals surface area (Å²) in [4.78, 5) is 8.65. The molecule has 98 valence electrons. The minimum Gasteiger partial charge on any atom is -0.368 e. The van der Waals surface area contributed by atoms with Gasteiger partial charge in [-0.3, -0.25) is 0 Å². The first kappa shape index (κ1) is 11.9. The Morgan fingerprint density at radius 1 is 1.26 bits per heavy atom. The fourth-order valence-electron chi connectivity index (χ4n) is 2.32. The van der Waals surface area contributed by atoms with E-state index in [0.29, 0.717) is 5.95 Å². The molecule has 0 spiro atoms. The molecule has 1 aromatic heterocycles. The van der Waals surface area contributed by atoms with Crippen LogP contribution in [0.4, 0.5) is 17.5 Å². The standard InChI is InChI=1S/C14H17N5/c1-9-4-2-3-5-11(9)17-13-10-6-7-16-8-12(10)18-14(15)19-13/h2-5,16H,6-8H2,1H3,(H3,15,17,18,19). The minimum atomic E-state index is 0.318. The van der Waals surface area contributed by atoms with Gasteiger partial charge in [0.05, 0.1) is 5.69 Å². The number of nitrogens with zero attached hydrogens (tertiary/aromatic N) is 2. The molecule has 1 aliphatic heterocycles. The van der Waals surface area contributed by atoms with Crippen LogP contribution in [-0.2, 0) is 13.0 Å². The number of aromatic nitrogens is 2. The zero-order valence-corrected chi connectivity index (χ0v) is 10.9. The van der Waals surface area contributed by atoms with Gasteiger partial charge in [-0.05, 0) is 31.5 Å². The van der Waals surface area contributed by atoms with Crippen molar-refractivity contribution in [3.8, 4) is 0 Å². The van der Waals surface area contributed by atoms with Crippen LogP contribution in [0.15, 0.2) is 24.3 Å². The molecule has 0 atom stereocenters. The molecule has 3 rings (SSSR count). The molecule has 0 saturated carbocycles. The van der Waals surface area contributed by atoms with Crippen LogP contribution in [0, 0.1) is 6.92 Å². The molecule has 0 aliphatic carbocycles. The van der Waals surface area contributed by atoms with Crippen LogP contribution in [0.25, 0.3) is 0 Å². The first-order valence-electron chi connectivity index (χ1n) is 6.42. The maximum atomic E-state index is 5.78. The number of hydrogen-bond acceptors (Lipinski definition) is 5. The van der Waals surface area contributed by atoms with Gasteiger partial charge >= 0.3 is 0 Å². The lowest BCUT2D eigenvalue weighted by molar-refractivity contribution is 0.626. The van der Waals surface area contributed by atoms with Gasteiger partial charge in [-0.15, -0.1) is 0 Å². The van der Waals surface area contributed by atoms with Crippen molar-refractivity contribution in [2.24, 2.45) is 0 Å². The lowest BCUT2D eigenvalue weighted by atomic mass is 10.1. The van der Waals surface area contributed by atoms with E-state index in [0.717, 1.165) is 42.3 Å². The Morgan fingerprint density at radius 2 is 2.11 bits per heavy atom. The summed E-state index contributed by atoms with van der Waals surface area (Å²) in [5, 5.41) is 6.68. The third kappa shape index (κ3) is 2.37. The zero-order valence-electron chi connectivity index (χ0n) is 10.9. The number of anilines is 3. The maximum Gasteiger partial charge on any atom is 0.222 e. The monoisotopic (exact) mass is 255 g/mol. The highest BCUT2D eigenvalue weighted by atomic mass is 15.1. The predicted octanol–water partition coefficient (Wildman–Crippen LogP) is 1.76. The van der Waals surface area contributed by atoms with E-state index < -0.39 is 0 Å². The molecule has 5 heteroatoms. The molecule has 1 aromatic carbocycles. The number of nitrogens with two attached hydrogens (primary N) is 1. The molecule has 0 saturated heterocycles. The molecule has 19 heavy (non-hydrogen) atoms. The summed E-state index contributed by atoms with van der Waals surface area (Å²) in [5.41, 5.74) is 10.2. The number of nitrogens with one attached hydrogen (secondary N) is 2. The van der Waals surface area contributed by atoms with Crippen LogP contribution in [0.5, 0.6) is 0 Å². The van der Waals surface area contributed by atoms with Gasteiger partial charge in [0.1, 0.15) is 5.82 Å². The molecule has 0 radical (unpaired) electrons. The van der Waals surface area contributed by atoms with Gasteiger partial charge < -0.3 is 16.4 Å². The summed E-state index contributed by atoms with van der Waals surface area (Å²) in [6.07, 6.45) is 0.920. The van der Waals surface area contributed by atoms with Gasteiger partial charge in [0.2, 0.25) is 5.95 Å². The van der Waals surface area contributed by atoms with E-state index in [2.05, 4.69) is 33.6 Å². The Labute approximate surface area is 112 Å². The van der Waals surface area contributed by atoms with Gasteiger partial charge in [0.25, 0.3) is 0 Å². The molecule has 5 nitrogen and oxygen atoms in total. The molecular formula is C14H17N5. The van der Waals surface area contributed by atoms with Crippen LogP contribution >= 0.6 is 0 Å². The normalized spacial score (nSPS) is 13.9. The third-order valence-corrected chi connectivity index (χ3v) is 3.35. The van der Waals surface area contributed by atoms with Crippen molar-refractivity contribution < 1.29 is 0 Å². The van der Waals surface area contributed by atoms with E-state index in [-0.39, 0.29) is 0 Å². The second-order valence-corrected chi connectivity index (χ2v) is 4.72. The third-order valence-electron chi connectivity index (χ3n) is 3.35. The van der Waals surface area contributed by atoms with Gasteiger partial charge in [-0.1, -0.05) is 18.2 Å². The van der Waals surface area contributed by atoms with Gasteiger partial charge in [0, 0.05) is 17.8 Å². The number of nitrogen functional groups attached to an aromatic ring is 1. The van der Waals surface area contributed by atoms with Crippen molar-refractivity contribution in [2.75, 3.05) is 17.6 Å². The van der Waals surface area contributed by atoms with E-state index in [1.807, 2.05) is 18.2 Å². The number of aryl methyl sites for hydroxylation is 1. The lowest BCUT2D eigenvalue weighted by Gasteiger charge is -2.20. The molecule has 2 aromatic rings. The Balaban J connectivity index is 2.01. The number of para-hydroxylation sites is 1. The van der Waals surface area contributed by atoms with Crippen molar-refractivity contribution in [2.45, 2.75) is 19.9 Å². The van der Waals surface area contributed by atoms with Gasteiger partial charge in [-0.2, -0.15) is 4.98 Å². The quantitative estimate of drug-likeness (QED) is 0.762. The fraction of sp³-hybridized carbons (Fsp3) is 0.286. The van der Waals surface area contributed by atoms with Crippen LogP contribution in [0.2, 0.25) is 0 Å². The Morgan fingerprint density at radius 3 is 2.95 bits per heavy atom. The maximum absolute atomic E-state index is 5.78. The Bertz CT molecular complexity index is 609. The van der Waals surface area contributed by atoms with Crippen molar-refractivity contribution in [1.82, 2.24) is 15.3 Å². The highest BCUT2D eigenvalue weighted by Crippen LogP contribution is 2.25. The summed E-state index contributed by atoms with van der Waals surface area (Å²) in [6, 6.07) is 8.14. The summed E-state index contributed by atoms with van der Waals surface area (Å²) in [6.45, 7) is 3.77. The van der Waals surface area contributed by atoms with Crippen molar-refractivity contribution in [1.29, 1.82) is 0 Å². The molecule has 0 unspecified atom stereocenters. The van der Waals surface area contributed by atoms with Crippen LogP contribution in [-0.4, -0.2) is 16.5 Å². The van der Waals surface area contributed by atoms with Crippen molar-refractivity contribution in [3.63, 3.8) is 0 Å². The average molecular weight is 255 g/mol. The van der Waals surface area contributed by atoms with E-state index in [1.165, 1.54) is 5.56 Å².